The first-order chi connectivity index (χ1) is 17.4. The standard InChI is InChI=1S/C31H36FNO3/c1-4-5-25-8-11-27(36-28-19-22(2)18-23(3)20-28)21-29(25)30(34)33-31(14-16-35-17-15-31)13-12-24-6-9-26(32)10-7-24/h6-11,18-21H,4-5,12-17H2,1-3H3,(H,33,34). The van der Waals surface area contributed by atoms with E-state index in [1.165, 1.54) is 12.1 Å². The van der Waals surface area contributed by atoms with Gasteiger partial charge >= 0.3 is 0 Å². The van der Waals surface area contributed by atoms with Gasteiger partial charge in [-0.15, -0.1) is 0 Å². The van der Waals surface area contributed by atoms with Crippen LogP contribution in [-0.4, -0.2) is 24.7 Å². The van der Waals surface area contributed by atoms with Gasteiger partial charge in [0.15, 0.2) is 0 Å². The van der Waals surface area contributed by atoms with E-state index in [2.05, 4.69) is 18.3 Å². The fourth-order valence-corrected chi connectivity index (χ4v) is 4.99. The maximum Gasteiger partial charge on any atom is 0.252 e. The molecule has 0 atom stereocenters. The minimum atomic E-state index is -0.363. The summed E-state index contributed by atoms with van der Waals surface area (Å²) < 4.78 is 25.1. The predicted octanol–water partition coefficient (Wildman–Crippen LogP) is 7.10. The van der Waals surface area contributed by atoms with E-state index in [1.54, 1.807) is 0 Å². The zero-order chi connectivity index (χ0) is 25.5. The molecule has 0 radical (unpaired) electrons. The lowest BCUT2D eigenvalue weighted by atomic mass is 9.83. The summed E-state index contributed by atoms with van der Waals surface area (Å²) in [7, 11) is 0. The molecular formula is C31H36FNO3. The fraction of sp³-hybridized carbons (Fsp3) is 0.387. The summed E-state index contributed by atoms with van der Waals surface area (Å²) in [6.07, 6.45) is 4.80. The molecule has 5 heteroatoms. The molecule has 3 aromatic carbocycles. The van der Waals surface area contributed by atoms with Gasteiger partial charge in [-0.2, -0.15) is 0 Å². The second kappa shape index (κ2) is 11.7. The van der Waals surface area contributed by atoms with Crippen LogP contribution in [-0.2, 0) is 17.6 Å². The monoisotopic (exact) mass is 489 g/mol. The minimum absolute atomic E-state index is 0.0784. The lowest BCUT2D eigenvalue weighted by molar-refractivity contribution is 0.0328. The molecule has 1 heterocycles. The van der Waals surface area contributed by atoms with Crippen LogP contribution in [0.1, 0.15) is 65.2 Å². The molecule has 1 fully saturated rings. The first-order valence-electron chi connectivity index (χ1n) is 12.9. The molecule has 0 aliphatic carbocycles. The summed E-state index contributed by atoms with van der Waals surface area (Å²) in [5.74, 6) is 1.10. The van der Waals surface area contributed by atoms with Crippen LogP contribution >= 0.6 is 0 Å². The quantitative estimate of drug-likeness (QED) is 0.349. The number of aryl methyl sites for hydroxylation is 4. The Morgan fingerprint density at radius 3 is 2.31 bits per heavy atom. The Bertz CT molecular complexity index is 1160. The topological polar surface area (TPSA) is 47.6 Å². The van der Waals surface area contributed by atoms with Gasteiger partial charge in [0, 0.05) is 24.3 Å². The molecule has 190 valence electrons. The highest BCUT2D eigenvalue weighted by Gasteiger charge is 2.34. The van der Waals surface area contributed by atoms with Crippen molar-refractivity contribution in [2.45, 2.75) is 64.8 Å². The third-order valence-corrected chi connectivity index (χ3v) is 6.91. The Morgan fingerprint density at radius 2 is 1.64 bits per heavy atom. The van der Waals surface area contributed by atoms with Crippen molar-refractivity contribution in [2.75, 3.05) is 13.2 Å². The van der Waals surface area contributed by atoms with Gasteiger partial charge in [0.2, 0.25) is 0 Å². The second-order valence-electron chi connectivity index (χ2n) is 9.97. The molecule has 4 rings (SSSR count). The third-order valence-electron chi connectivity index (χ3n) is 6.91. The fourth-order valence-electron chi connectivity index (χ4n) is 4.99. The van der Waals surface area contributed by atoms with Gasteiger partial charge in [0.05, 0.1) is 0 Å². The van der Waals surface area contributed by atoms with Crippen LogP contribution in [0.25, 0.3) is 0 Å². The Balaban J connectivity index is 1.56. The van der Waals surface area contributed by atoms with E-state index in [-0.39, 0.29) is 17.3 Å². The number of halogens is 1. The number of rotatable bonds is 9. The number of hydrogen-bond donors (Lipinski definition) is 1. The van der Waals surface area contributed by atoms with E-state index in [4.69, 9.17) is 9.47 Å². The van der Waals surface area contributed by atoms with E-state index < -0.39 is 0 Å². The maximum atomic E-state index is 13.7. The predicted molar refractivity (Wildman–Crippen MR) is 141 cm³/mol. The number of carbonyl (C=O) groups is 1. The molecule has 1 aliphatic heterocycles. The SMILES string of the molecule is CCCc1ccc(Oc2cc(C)cc(C)c2)cc1C(=O)NC1(CCc2ccc(F)cc2)CCOCC1. The van der Waals surface area contributed by atoms with Gasteiger partial charge in [0.1, 0.15) is 17.3 Å². The van der Waals surface area contributed by atoms with E-state index in [9.17, 15) is 9.18 Å². The number of ether oxygens (including phenoxy) is 2. The first-order valence-corrected chi connectivity index (χ1v) is 12.9. The Labute approximate surface area is 213 Å². The van der Waals surface area contributed by atoms with Crippen LogP contribution in [0.15, 0.2) is 60.7 Å². The first kappa shape index (κ1) is 25.9. The van der Waals surface area contributed by atoms with Crippen molar-refractivity contribution in [3.05, 3.63) is 94.3 Å². The van der Waals surface area contributed by atoms with Crippen molar-refractivity contribution in [3.8, 4) is 11.5 Å². The molecule has 1 saturated heterocycles. The minimum Gasteiger partial charge on any atom is -0.457 e. The van der Waals surface area contributed by atoms with E-state index in [0.717, 1.165) is 66.5 Å². The number of benzene rings is 3. The van der Waals surface area contributed by atoms with Crippen LogP contribution in [0.5, 0.6) is 11.5 Å². The number of carbonyl (C=O) groups excluding carboxylic acids is 1. The molecule has 4 nitrogen and oxygen atoms in total. The summed E-state index contributed by atoms with van der Waals surface area (Å²) >= 11 is 0. The van der Waals surface area contributed by atoms with Crippen molar-refractivity contribution in [3.63, 3.8) is 0 Å². The van der Waals surface area contributed by atoms with Crippen molar-refractivity contribution >= 4 is 5.91 Å². The highest BCUT2D eigenvalue weighted by molar-refractivity contribution is 5.96. The Kier molecular flexibility index (Phi) is 8.42. The van der Waals surface area contributed by atoms with E-state index >= 15 is 0 Å². The molecule has 3 aromatic rings. The van der Waals surface area contributed by atoms with Crippen LogP contribution in [0.2, 0.25) is 0 Å². The highest BCUT2D eigenvalue weighted by Crippen LogP contribution is 2.30. The van der Waals surface area contributed by atoms with Crippen molar-refractivity contribution in [1.82, 2.24) is 5.32 Å². The summed E-state index contributed by atoms with van der Waals surface area (Å²) in [5, 5.41) is 3.39. The van der Waals surface area contributed by atoms with E-state index in [0.29, 0.717) is 24.5 Å². The summed E-state index contributed by atoms with van der Waals surface area (Å²) in [6, 6.07) is 18.5. The van der Waals surface area contributed by atoms with E-state index in [1.807, 2.05) is 56.3 Å². The summed E-state index contributed by atoms with van der Waals surface area (Å²) in [5.41, 5.74) is 4.64. The van der Waals surface area contributed by atoms with Gasteiger partial charge in [-0.25, -0.2) is 4.39 Å². The summed E-state index contributed by atoms with van der Waals surface area (Å²) in [6.45, 7) is 7.43. The smallest absolute Gasteiger partial charge is 0.252 e. The van der Waals surface area contributed by atoms with Crippen LogP contribution in [0.3, 0.4) is 0 Å². The third kappa shape index (κ3) is 6.73. The average molecular weight is 490 g/mol. The lowest BCUT2D eigenvalue weighted by Crippen LogP contribution is -2.52. The molecule has 0 aromatic heterocycles. The van der Waals surface area contributed by atoms with Crippen molar-refractivity contribution in [1.29, 1.82) is 0 Å². The van der Waals surface area contributed by atoms with Gasteiger partial charge in [0.25, 0.3) is 5.91 Å². The van der Waals surface area contributed by atoms with Gasteiger partial charge in [-0.3, -0.25) is 4.79 Å². The summed E-state index contributed by atoms with van der Waals surface area (Å²) in [4.78, 5) is 13.7. The molecule has 1 aliphatic rings. The molecule has 1 amide bonds. The Morgan fingerprint density at radius 1 is 0.944 bits per heavy atom. The molecule has 1 N–H and O–H groups in total. The zero-order valence-electron chi connectivity index (χ0n) is 21.5. The number of hydrogen-bond acceptors (Lipinski definition) is 3. The molecule has 0 spiro atoms. The Hall–Kier alpha value is -3.18. The maximum absolute atomic E-state index is 13.7. The molecular weight excluding hydrogens is 453 g/mol. The van der Waals surface area contributed by atoms with Crippen molar-refractivity contribution in [2.24, 2.45) is 0 Å². The average Bonchev–Trinajstić information content (AvgIpc) is 2.85. The second-order valence-corrected chi connectivity index (χ2v) is 9.97. The number of nitrogens with one attached hydrogen (secondary N) is 1. The van der Waals surface area contributed by atoms with Crippen LogP contribution in [0, 0.1) is 19.7 Å². The van der Waals surface area contributed by atoms with Crippen LogP contribution in [0.4, 0.5) is 4.39 Å². The molecule has 0 saturated carbocycles. The van der Waals surface area contributed by atoms with Gasteiger partial charge < -0.3 is 14.8 Å². The van der Waals surface area contributed by atoms with Crippen molar-refractivity contribution < 1.29 is 18.7 Å². The molecule has 0 bridgehead atoms. The molecule has 0 unspecified atom stereocenters. The zero-order valence-corrected chi connectivity index (χ0v) is 21.5. The largest absolute Gasteiger partial charge is 0.457 e. The molecule has 36 heavy (non-hydrogen) atoms. The van der Waals surface area contributed by atoms with Gasteiger partial charge in [-0.05, 0) is 105 Å². The van der Waals surface area contributed by atoms with Gasteiger partial charge in [-0.1, -0.05) is 37.6 Å². The van der Waals surface area contributed by atoms with Crippen LogP contribution < -0.4 is 10.1 Å². The highest BCUT2D eigenvalue weighted by atomic mass is 19.1. The lowest BCUT2D eigenvalue weighted by Gasteiger charge is -2.38. The number of amides is 1. The normalized spacial score (nSPS) is 14.9.